The summed E-state index contributed by atoms with van der Waals surface area (Å²) >= 11 is 0. The molecule has 2 aromatic carbocycles. The molecule has 2 aromatic heterocycles. The number of ketones is 1. The molecule has 2 aliphatic heterocycles. The van der Waals surface area contributed by atoms with E-state index in [2.05, 4.69) is 31.5 Å². The van der Waals surface area contributed by atoms with Crippen LogP contribution in [0.4, 0.5) is 0 Å². The molecule has 6 rings (SSSR count). The number of carboxylic acids is 1. The summed E-state index contributed by atoms with van der Waals surface area (Å²) < 4.78 is 25.4. The summed E-state index contributed by atoms with van der Waals surface area (Å²) in [4.78, 5) is 145. The van der Waals surface area contributed by atoms with Crippen LogP contribution in [0.1, 0.15) is 205 Å². The number of fused-ring (bicyclic) bond motifs is 2. The van der Waals surface area contributed by atoms with Crippen LogP contribution in [0.2, 0.25) is 0 Å². The van der Waals surface area contributed by atoms with E-state index in [1.54, 1.807) is 88.3 Å². The molecule has 0 spiro atoms. The van der Waals surface area contributed by atoms with Gasteiger partial charge in [-0.15, -0.1) is 0 Å². The van der Waals surface area contributed by atoms with E-state index >= 15 is 0 Å². The minimum absolute atomic E-state index is 0.000793. The first-order valence-electron chi connectivity index (χ1n) is 33.8. The minimum Gasteiger partial charge on any atom is -0.481 e. The lowest BCUT2D eigenvalue weighted by Gasteiger charge is -2.40. The van der Waals surface area contributed by atoms with Gasteiger partial charge in [-0.25, -0.2) is 20.8 Å². The highest BCUT2D eigenvalue weighted by molar-refractivity contribution is 5.95. The van der Waals surface area contributed by atoms with Crippen molar-refractivity contribution >= 4 is 99.2 Å². The average Bonchev–Trinajstić information content (AvgIpc) is 0.835. The number of nitrogens with zero attached hydrogens (tertiary/aromatic N) is 4. The highest BCUT2D eigenvalue weighted by Gasteiger charge is 2.43. The van der Waals surface area contributed by atoms with E-state index in [1.807, 2.05) is 114 Å². The zero-order chi connectivity index (χ0) is 75.6. The Balaban J connectivity index is 0.000000339. The van der Waals surface area contributed by atoms with Gasteiger partial charge >= 0.3 is 35.8 Å². The number of hydrogen-bond donors (Lipinski definition) is 5. The van der Waals surface area contributed by atoms with Crippen LogP contribution in [0.3, 0.4) is 0 Å². The number of methoxy groups -OCH3 is 2. The Labute approximate surface area is 588 Å². The minimum atomic E-state index is -1.03. The summed E-state index contributed by atoms with van der Waals surface area (Å²) in [5.41, 5.74) is 5.93. The maximum atomic E-state index is 13.5. The summed E-state index contributed by atoms with van der Waals surface area (Å²) in [5.74, 6) is -6.13. The number of carboxylic acid groups (broad SMARTS) is 1. The van der Waals surface area contributed by atoms with Gasteiger partial charge in [0.15, 0.2) is 0 Å². The topological polar surface area (TPSA) is 335 Å². The largest absolute Gasteiger partial charge is 0.481 e. The fraction of sp³-hybridized carbons (Fsp3) is 0.560. The lowest BCUT2D eigenvalue weighted by molar-refractivity contribution is -0.159. The zero-order valence-corrected chi connectivity index (χ0v) is 62.1. The number of amides is 4. The standard InChI is InChI=1S/C35H48N4O7.C21H37N3O6.C19H21NO4/c1-21(2)27(31(42)36-22(3)32(43)39-18-10-16-35(8,38-39)33(44)45-9)20-30(41)34(6,7)17-15-25-11-12-26-13-14-28(37-29(26)19-25)23(4)46-24(5)40;1-13(2)15(12-16(25)30-20(4,5)6)17(26)22-14(3)18(27)24-11-9-10-21(7,23-24)19(28)29-8;1-12(24-13(2)21)16-8-7-15-6-5-14(11-17(15)20-16)9-10-19(3,4)18(22)23/h11-15,17,19,21-23,27,38H,10,16,18,20H2,1-9H3,(H,36,42);13-15,23H,9-12H2,1-8H3,(H,22,26);5-12H,1-4H3,(H,22,23)/b17-15+;;10-9+/t22-,23+,27-,35?;14-,15-,21?;12-/m001/s1. The molecule has 25 heteroatoms. The van der Waals surface area contributed by atoms with Crippen molar-refractivity contribution < 1.29 is 81.5 Å². The monoisotopic (exact) mass is 1390 g/mol. The molecule has 0 saturated carbocycles. The molecule has 4 amide bonds. The molecule has 2 unspecified atom stereocenters. The van der Waals surface area contributed by atoms with Crippen molar-refractivity contribution in [2.24, 2.45) is 34.5 Å². The molecular weight excluding hydrogens is 1280 g/mol. The van der Waals surface area contributed by atoms with Gasteiger partial charge in [-0.2, -0.15) is 0 Å². The Kier molecular flexibility index (Phi) is 29.9. The molecular formula is C75H106N8O17. The van der Waals surface area contributed by atoms with Crippen LogP contribution >= 0.6 is 0 Å². The molecule has 548 valence electrons. The van der Waals surface area contributed by atoms with Crippen LogP contribution < -0.4 is 21.5 Å². The molecule has 2 fully saturated rings. The van der Waals surface area contributed by atoms with Gasteiger partial charge in [0.2, 0.25) is 11.8 Å². The fourth-order valence-corrected chi connectivity index (χ4v) is 10.9. The number of Topliss-reactive ketones (excluding diaryl/α,β-unsaturated/α-hetero) is 1. The number of nitrogens with one attached hydrogen (secondary N) is 4. The number of esters is 5. The normalized spacial score (nSPS) is 18.4. The van der Waals surface area contributed by atoms with Crippen molar-refractivity contribution in [3.63, 3.8) is 0 Å². The molecule has 2 saturated heterocycles. The molecule has 5 N–H and O–H groups in total. The molecule has 4 heterocycles. The van der Waals surface area contributed by atoms with E-state index in [0.717, 1.165) is 32.9 Å². The summed E-state index contributed by atoms with van der Waals surface area (Å²) in [6.07, 6.45) is 8.43. The highest BCUT2D eigenvalue weighted by Crippen LogP contribution is 2.31. The van der Waals surface area contributed by atoms with E-state index in [0.29, 0.717) is 50.2 Å². The number of pyridine rings is 2. The van der Waals surface area contributed by atoms with E-state index in [9.17, 15) is 52.7 Å². The molecule has 100 heavy (non-hydrogen) atoms. The summed E-state index contributed by atoms with van der Waals surface area (Å²) in [6, 6.07) is 17.3. The van der Waals surface area contributed by atoms with Crippen molar-refractivity contribution in [1.29, 1.82) is 0 Å². The van der Waals surface area contributed by atoms with Crippen LogP contribution in [0, 0.1) is 34.5 Å². The molecule has 25 nitrogen and oxygen atoms in total. The Hall–Kier alpha value is -8.97. The molecule has 2 aliphatic rings. The number of hydrogen-bond acceptors (Lipinski definition) is 20. The molecule has 0 bridgehead atoms. The quantitative estimate of drug-likeness (QED) is 0.0321. The van der Waals surface area contributed by atoms with Gasteiger partial charge in [-0.05, 0) is 163 Å². The second kappa shape index (κ2) is 35.9. The SMILES string of the molecule is CC(=O)O[C@H](C)c1ccc2ccc(/C=C/C(C)(C)C(=O)O)cc2n1.COC(=O)C1(C)CCCN(C(=O)[C@H](C)NC(=O)[C@@H](CC(=O)C(C)(C)/C=C/c2ccc3ccc([C@@H](C)OC(C)=O)nc3c2)C(C)C)N1.COC(=O)C1(C)CCCN(C(=O)[C@H](C)NC(=O)[C@@H](CC(=O)OC(C)(C)C)C(C)C)N1. The van der Waals surface area contributed by atoms with Crippen molar-refractivity contribution in [2.75, 3.05) is 27.3 Å². The number of aliphatic carboxylic acids is 1. The van der Waals surface area contributed by atoms with Crippen LogP contribution in [0.25, 0.3) is 34.0 Å². The van der Waals surface area contributed by atoms with Crippen molar-refractivity contribution in [1.82, 2.24) is 41.5 Å². The third-order valence-corrected chi connectivity index (χ3v) is 17.3. The zero-order valence-electron chi connectivity index (χ0n) is 62.1. The second-order valence-corrected chi connectivity index (χ2v) is 28.9. The lowest BCUT2D eigenvalue weighted by Crippen LogP contribution is -2.65. The summed E-state index contributed by atoms with van der Waals surface area (Å²) in [5, 5.41) is 19.3. The van der Waals surface area contributed by atoms with Gasteiger partial charge in [0.25, 0.3) is 11.8 Å². The second-order valence-electron chi connectivity index (χ2n) is 28.9. The number of allylic oxidation sites excluding steroid dienone is 1. The number of benzene rings is 2. The first kappa shape index (κ1) is 83.4. The van der Waals surface area contributed by atoms with E-state index in [-0.39, 0.29) is 66.0 Å². The van der Waals surface area contributed by atoms with Crippen molar-refractivity contribution in [2.45, 2.75) is 211 Å². The van der Waals surface area contributed by atoms with Crippen LogP contribution in [0.5, 0.6) is 0 Å². The lowest BCUT2D eigenvalue weighted by atomic mass is 9.79. The highest BCUT2D eigenvalue weighted by atomic mass is 16.6. The Morgan fingerprint density at radius 3 is 1.29 bits per heavy atom. The third-order valence-electron chi connectivity index (χ3n) is 17.3. The molecule has 8 atom stereocenters. The van der Waals surface area contributed by atoms with Gasteiger partial charge in [-0.1, -0.05) is 88.4 Å². The first-order chi connectivity index (χ1) is 46.4. The molecule has 0 radical (unpaired) electrons. The third kappa shape index (κ3) is 24.4. The van der Waals surface area contributed by atoms with Crippen LogP contribution in [0.15, 0.2) is 72.8 Å². The average molecular weight is 1390 g/mol. The molecule has 0 aliphatic carbocycles. The van der Waals surface area contributed by atoms with Gasteiger partial charge in [0.1, 0.15) is 46.8 Å². The van der Waals surface area contributed by atoms with Gasteiger partial charge in [0.05, 0.1) is 54.4 Å². The van der Waals surface area contributed by atoms with E-state index in [4.69, 9.17) is 28.8 Å². The number of hydrazine groups is 2. The van der Waals surface area contributed by atoms with Gasteiger partial charge < -0.3 is 39.4 Å². The van der Waals surface area contributed by atoms with Crippen molar-refractivity contribution in [3.8, 4) is 0 Å². The number of ether oxygens (including phenoxy) is 5. The Bertz CT molecular complexity index is 3690. The van der Waals surface area contributed by atoms with Crippen LogP contribution in [-0.4, -0.2) is 146 Å². The Morgan fingerprint density at radius 1 is 0.570 bits per heavy atom. The summed E-state index contributed by atoms with van der Waals surface area (Å²) in [7, 11) is 2.60. The summed E-state index contributed by atoms with van der Waals surface area (Å²) in [6.45, 7) is 33.2. The predicted octanol–water partition coefficient (Wildman–Crippen LogP) is 10.2. The number of carbonyl (C=O) groups is 11. The number of rotatable bonds is 24. The van der Waals surface area contributed by atoms with E-state index < -0.39 is 87.5 Å². The maximum Gasteiger partial charge on any atom is 0.327 e. The number of carbonyl (C=O) groups excluding carboxylic acids is 10. The first-order valence-corrected chi connectivity index (χ1v) is 33.8. The predicted molar refractivity (Wildman–Crippen MR) is 378 cm³/mol. The maximum absolute atomic E-state index is 13.5. The smallest absolute Gasteiger partial charge is 0.327 e. The fourth-order valence-electron chi connectivity index (χ4n) is 10.9. The van der Waals surface area contributed by atoms with Gasteiger partial charge in [-0.3, -0.25) is 62.8 Å². The Morgan fingerprint density at radius 2 is 0.940 bits per heavy atom. The van der Waals surface area contributed by atoms with E-state index in [1.165, 1.54) is 38.1 Å². The van der Waals surface area contributed by atoms with Gasteiger partial charge in [0, 0.05) is 55.5 Å². The van der Waals surface area contributed by atoms with Crippen LogP contribution in [-0.2, 0) is 76.4 Å². The van der Waals surface area contributed by atoms with Crippen molar-refractivity contribution in [3.05, 3.63) is 95.3 Å². The molecule has 4 aromatic rings. The number of aromatic nitrogens is 2.